The van der Waals surface area contributed by atoms with Gasteiger partial charge in [0.05, 0.1) is 24.7 Å². The lowest BCUT2D eigenvalue weighted by Gasteiger charge is -2.03. The number of rotatable bonds is 5. The van der Waals surface area contributed by atoms with Crippen LogP contribution in [0.25, 0.3) is 0 Å². The number of alkyl halides is 2. The van der Waals surface area contributed by atoms with Crippen molar-refractivity contribution in [2.24, 2.45) is 5.84 Å². The highest BCUT2D eigenvalue weighted by Gasteiger charge is 2.02. The Labute approximate surface area is 79.3 Å². The number of hydrazine groups is 1. The summed E-state index contributed by atoms with van der Waals surface area (Å²) in [7, 11) is 0. The number of halogens is 2. The zero-order valence-electron chi connectivity index (χ0n) is 7.28. The summed E-state index contributed by atoms with van der Waals surface area (Å²) in [6.07, 6.45) is 0.329. The van der Waals surface area contributed by atoms with Gasteiger partial charge >= 0.3 is 0 Å². The van der Waals surface area contributed by atoms with Crippen molar-refractivity contribution in [2.45, 2.75) is 13.0 Å². The van der Waals surface area contributed by atoms with Crippen molar-refractivity contribution in [1.29, 1.82) is 0 Å². The maximum atomic E-state index is 11.7. The second-order valence-corrected chi connectivity index (χ2v) is 2.44. The summed E-state index contributed by atoms with van der Waals surface area (Å²) in [6, 6.07) is 0. The average Bonchev–Trinajstić information content (AvgIpc) is 2.18. The molecule has 1 aromatic heterocycles. The molecule has 3 N–H and O–H groups in total. The topological polar surface area (TPSA) is 73.1 Å². The van der Waals surface area contributed by atoms with Crippen LogP contribution >= 0.6 is 0 Å². The molecule has 0 aliphatic rings. The van der Waals surface area contributed by atoms with Crippen LogP contribution in [0.3, 0.4) is 0 Å². The number of nitrogens with one attached hydrogen (secondary N) is 1. The average molecular weight is 204 g/mol. The third-order valence-corrected chi connectivity index (χ3v) is 1.35. The van der Waals surface area contributed by atoms with Crippen molar-refractivity contribution < 1.29 is 13.5 Å². The van der Waals surface area contributed by atoms with Crippen LogP contribution in [0.5, 0.6) is 0 Å². The van der Waals surface area contributed by atoms with Crippen molar-refractivity contribution in [3.8, 4) is 0 Å². The number of anilines is 1. The van der Waals surface area contributed by atoms with E-state index in [-0.39, 0.29) is 6.61 Å². The normalized spacial score (nSPS) is 10.6. The molecule has 14 heavy (non-hydrogen) atoms. The van der Waals surface area contributed by atoms with Crippen LogP contribution < -0.4 is 11.3 Å². The van der Waals surface area contributed by atoms with Gasteiger partial charge in [-0.2, -0.15) is 0 Å². The van der Waals surface area contributed by atoms with Crippen molar-refractivity contribution >= 4 is 5.82 Å². The van der Waals surface area contributed by atoms with Crippen LogP contribution in [0.15, 0.2) is 12.4 Å². The minimum absolute atomic E-state index is 0.0161. The molecule has 1 rings (SSSR count). The Morgan fingerprint density at radius 2 is 2.21 bits per heavy atom. The molecule has 0 aromatic carbocycles. The van der Waals surface area contributed by atoms with Gasteiger partial charge in [-0.15, -0.1) is 0 Å². The highest BCUT2D eigenvalue weighted by Crippen LogP contribution is 2.01. The molecular weight excluding hydrogens is 194 g/mol. The van der Waals surface area contributed by atoms with Crippen molar-refractivity contribution in [1.82, 2.24) is 9.97 Å². The molecule has 78 valence electrons. The molecule has 1 heterocycles. The van der Waals surface area contributed by atoms with E-state index in [1.54, 1.807) is 0 Å². The number of hydrogen-bond donors (Lipinski definition) is 2. The maximum Gasteiger partial charge on any atom is 0.261 e. The largest absolute Gasteiger partial charge is 0.369 e. The first-order valence-corrected chi connectivity index (χ1v) is 3.86. The molecule has 0 saturated heterocycles. The van der Waals surface area contributed by atoms with Crippen molar-refractivity contribution in [3.05, 3.63) is 18.1 Å². The minimum Gasteiger partial charge on any atom is -0.369 e. The molecule has 7 heteroatoms. The predicted molar refractivity (Wildman–Crippen MR) is 45.5 cm³/mol. The van der Waals surface area contributed by atoms with E-state index in [0.29, 0.717) is 11.5 Å². The van der Waals surface area contributed by atoms with E-state index in [1.807, 2.05) is 0 Å². The summed E-state index contributed by atoms with van der Waals surface area (Å²) in [5.41, 5.74) is 2.77. The lowest BCUT2D eigenvalue weighted by atomic mass is 10.5. The van der Waals surface area contributed by atoms with Gasteiger partial charge in [0, 0.05) is 0 Å². The number of ether oxygens (including phenoxy) is 1. The third kappa shape index (κ3) is 3.58. The zero-order chi connectivity index (χ0) is 10.4. The number of nitrogens with zero attached hydrogens (tertiary/aromatic N) is 2. The minimum atomic E-state index is -2.46. The Hall–Kier alpha value is -1.34. The van der Waals surface area contributed by atoms with Crippen molar-refractivity contribution in [3.63, 3.8) is 0 Å². The SMILES string of the molecule is NNc1cnc(COCC(F)F)cn1. The van der Waals surface area contributed by atoms with Gasteiger partial charge in [-0.3, -0.25) is 4.98 Å². The predicted octanol–water partition coefficient (Wildman–Crippen LogP) is 0.544. The van der Waals surface area contributed by atoms with E-state index in [4.69, 9.17) is 5.84 Å². The molecule has 0 atom stereocenters. The van der Waals surface area contributed by atoms with E-state index in [1.165, 1.54) is 12.4 Å². The van der Waals surface area contributed by atoms with Gasteiger partial charge in [0.15, 0.2) is 5.82 Å². The number of hydrogen-bond acceptors (Lipinski definition) is 5. The van der Waals surface area contributed by atoms with Gasteiger partial charge in [0.1, 0.15) is 6.61 Å². The maximum absolute atomic E-state index is 11.7. The van der Waals surface area contributed by atoms with Gasteiger partial charge in [0.2, 0.25) is 0 Å². The van der Waals surface area contributed by atoms with Crippen LogP contribution in [-0.4, -0.2) is 23.0 Å². The fraction of sp³-hybridized carbons (Fsp3) is 0.429. The number of nitrogen functional groups attached to an aromatic ring is 1. The highest BCUT2D eigenvalue weighted by atomic mass is 19.3. The molecule has 0 unspecified atom stereocenters. The monoisotopic (exact) mass is 204 g/mol. The first-order valence-electron chi connectivity index (χ1n) is 3.86. The van der Waals surface area contributed by atoms with Gasteiger partial charge < -0.3 is 10.2 Å². The summed E-state index contributed by atoms with van der Waals surface area (Å²) in [5.74, 6) is 5.46. The molecule has 0 fully saturated rings. The lowest BCUT2D eigenvalue weighted by Crippen LogP contribution is -2.10. The smallest absolute Gasteiger partial charge is 0.261 e. The molecule has 0 amide bonds. The molecular formula is C7H10F2N4O. The molecule has 1 aromatic rings. The van der Waals surface area contributed by atoms with Crippen LogP contribution in [-0.2, 0) is 11.3 Å². The highest BCUT2D eigenvalue weighted by molar-refractivity contribution is 5.28. The zero-order valence-corrected chi connectivity index (χ0v) is 7.28. The summed E-state index contributed by atoms with van der Waals surface area (Å²) < 4.78 is 28.0. The van der Waals surface area contributed by atoms with E-state index in [0.717, 1.165) is 0 Å². The summed E-state index contributed by atoms with van der Waals surface area (Å²) in [5, 5.41) is 0. The fourth-order valence-corrected chi connectivity index (χ4v) is 0.756. The summed E-state index contributed by atoms with van der Waals surface area (Å²) in [6.45, 7) is -0.583. The van der Waals surface area contributed by atoms with E-state index in [2.05, 4.69) is 20.1 Å². The van der Waals surface area contributed by atoms with Crippen molar-refractivity contribution in [2.75, 3.05) is 12.0 Å². The van der Waals surface area contributed by atoms with Gasteiger partial charge in [0.25, 0.3) is 6.43 Å². The molecule has 0 spiro atoms. The Bertz CT molecular complexity index is 267. The Kier molecular flexibility index (Phi) is 4.14. The fourth-order valence-electron chi connectivity index (χ4n) is 0.756. The van der Waals surface area contributed by atoms with Crippen LogP contribution in [0.1, 0.15) is 5.69 Å². The Morgan fingerprint density at radius 3 is 2.71 bits per heavy atom. The molecule has 0 saturated carbocycles. The third-order valence-electron chi connectivity index (χ3n) is 1.35. The van der Waals surface area contributed by atoms with Gasteiger partial charge in [-0.1, -0.05) is 0 Å². The van der Waals surface area contributed by atoms with Crippen LogP contribution in [0.2, 0.25) is 0 Å². The standard InChI is InChI=1S/C7H10F2N4O/c8-6(9)4-14-3-5-1-12-7(13-10)2-11-5/h1-2,6H,3-4,10H2,(H,12,13). The molecule has 5 nitrogen and oxygen atoms in total. The lowest BCUT2D eigenvalue weighted by molar-refractivity contribution is 0.00875. The van der Waals surface area contributed by atoms with Gasteiger partial charge in [-0.25, -0.2) is 19.6 Å². The second kappa shape index (κ2) is 5.40. The Morgan fingerprint density at radius 1 is 1.43 bits per heavy atom. The molecule has 0 radical (unpaired) electrons. The second-order valence-electron chi connectivity index (χ2n) is 2.44. The van der Waals surface area contributed by atoms with E-state index >= 15 is 0 Å². The van der Waals surface area contributed by atoms with E-state index < -0.39 is 13.0 Å². The van der Waals surface area contributed by atoms with Crippen LogP contribution in [0, 0.1) is 0 Å². The van der Waals surface area contributed by atoms with Crippen LogP contribution in [0.4, 0.5) is 14.6 Å². The molecule has 0 aliphatic carbocycles. The van der Waals surface area contributed by atoms with Gasteiger partial charge in [-0.05, 0) is 0 Å². The Balaban J connectivity index is 2.36. The summed E-state index contributed by atoms with van der Waals surface area (Å²) >= 11 is 0. The molecule has 0 bridgehead atoms. The number of aromatic nitrogens is 2. The first kappa shape index (κ1) is 10.7. The quantitative estimate of drug-likeness (QED) is 0.541. The molecule has 0 aliphatic heterocycles. The summed E-state index contributed by atoms with van der Waals surface area (Å²) in [4.78, 5) is 7.70. The number of nitrogens with two attached hydrogens (primary N) is 1. The first-order chi connectivity index (χ1) is 6.72. The van der Waals surface area contributed by atoms with E-state index in [9.17, 15) is 8.78 Å².